The highest BCUT2D eigenvalue weighted by Gasteiger charge is 2.28. The molecule has 20 heavy (non-hydrogen) atoms. The summed E-state index contributed by atoms with van der Waals surface area (Å²) in [6, 6.07) is 6.20. The second-order valence-electron chi connectivity index (χ2n) is 4.77. The molecule has 0 unspecified atom stereocenters. The summed E-state index contributed by atoms with van der Waals surface area (Å²) in [7, 11) is -4.50. The first-order valence-corrected chi connectivity index (χ1v) is 9.08. The molecule has 0 amide bonds. The Hall–Kier alpha value is -0.690. The van der Waals surface area contributed by atoms with E-state index in [2.05, 4.69) is 20.8 Å². The van der Waals surface area contributed by atoms with Gasteiger partial charge in [-0.25, -0.2) is 8.42 Å². The van der Waals surface area contributed by atoms with E-state index in [-0.39, 0.29) is 4.90 Å². The van der Waals surface area contributed by atoms with E-state index in [1.807, 2.05) is 0 Å². The first-order valence-electron chi connectivity index (χ1n) is 6.41. The minimum atomic E-state index is -4.50. The number of nitrogens with zero attached hydrogens (tertiary/aromatic N) is 1. The summed E-state index contributed by atoms with van der Waals surface area (Å²) in [5.41, 5.74) is 0.877. The van der Waals surface area contributed by atoms with Crippen molar-refractivity contribution in [3.8, 4) is 0 Å². The molecule has 0 N–H and O–H groups in total. The van der Waals surface area contributed by atoms with Crippen LogP contribution in [0.15, 0.2) is 29.2 Å². The zero-order chi connectivity index (χ0) is 14.8. The summed E-state index contributed by atoms with van der Waals surface area (Å²) in [6.07, 6.45) is 3.43. The topological polar surface area (TPSA) is 37.4 Å². The summed E-state index contributed by atoms with van der Waals surface area (Å²) in [4.78, 5) is 1.86. The molecule has 1 saturated carbocycles. The Morgan fingerprint density at radius 2 is 1.85 bits per heavy atom. The molecular weight excluding hydrogens is 352 g/mol. The molecule has 0 saturated heterocycles. The van der Waals surface area contributed by atoms with Crippen molar-refractivity contribution in [3.05, 3.63) is 24.3 Å². The van der Waals surface area contributed by atoms with E-state index < -0.39 is 15.6 Å². The van der Waals surface area contributed by atoms with Crippen molar-refractivity contribution in [1.29, 1.82) is 0 Å². The average Bonchev–Trinajstić information content (AvgIpc) is 2.36. The van der Waals surface area contributed by atoms with Crippen LogP contribution < -0.4 is 4.90 Å². The molecule has 112 valence electrons. The van der Waals surface area contributed by atoms with E-state index >= 15 is 0 Å². The van der Waals surface area contributed by atoms with Gasteiger partial charge in [0.25, 0.3) is 0 Å². The highest BCUT2D eigenvalue weighted by atomic mass is 79.9. The molecule has 1 aliphatic carbocycles. The van der Waals surface area contributed by atoms with E-state index in [4.69, 9.17) is 0 Å². The van der Waals surface area contributed by atoms with Crippen molar-refractivity contribution < 1.29 is 17.2 Å². The van der Waals surface area contributed by atoms with Gasteiger partial charge >= 0.3 is 5.76 Å². The lowest BCUT2D eigenvalue weighted by atomic mass is 9.91. The van der Waals surface area contributed by atoms with Crippen molar-refractivity contribution in [2.24, 2.45) is 0 Å². The standard InChI is InChI=1S/C13H16BrF2NO2S/c14-8-9-17(10-2-1-3-10)11-4-6-12(7-5-11)20(18,19)13(15)16/h4-7,10,13H,1-3,8-9H2. The molecule has 1 aliphatic rings. The van der Waals surface area contributed by atoms with Crippen molar-refractivity contribution in [2.45, 2.75) is 36.0 Å². The molecule has 3 nitrogen and oxygen atoms in total. The molecule has 0 heterocycles. The van der Waals surface area contributed by atoms with Crippen molar-refractivity contribution >= 4 is 31.5 Å². The molecule has 0 aromatic heterocycles. The van der Waals surface area contributed by atoms with Crippen molar-refractivity contribution in [1.82, 2.24) is 0 Å². The zero-order valence-electron chi connectivity index (χ0n) is 10.8. The Kier molecular flexibility index (Phi) is 5.01. The van der Waals surface area contributed by atoms with E-state index in [1.165, 1.54) is 18.6 Å². The molecule has 1 aromatic rings. The van der Waals surface area contributed by atoms with Crippen LogP contribution in [0.5, 0.6) is 0 Å². The minimum Gasteiger partial charge on any atom is -0.368 e. The van der Waals surface area contributed by atoms with Gasteiger partial charge in [-0.2, -0.15) is 8.78 Å². The molecule has 0 radical (unpaired) electrons. The molecular formula is C13H16BrF2NO2S. The van der Waals surface area contributed by atoms with E-state index in [9.17, 15) is 17.2 Å². The Balaban J connectivity index is 2.22. The van der Waals surface area contributed by atoms with Gasteiger partial charge in [0.15, 0.2) is 0 Å². The van der Waals surface area contributed by atoms with Crippen LogP contribution in [0, 0.1) is 0 Å². The zero-order valence-corrected chi connectivity index (χ0v) is 13.2. The van der Waals surface area contributed by atoms with Crippen LogP contribution >= 0.6 is 15.9 Å². The third-order valence-electron chi connectivity index (χ3n) is 3.57. The summed E-state index contributed by atoms with van der Waals surface area (Å²) in [5, 5.41) is 0.806. The Labute approximate surface area is 126 Å². The lowest BCUT2D eigenvalue weighted by Gasteiger charge is -2.39. The fourth-order valence-electron chi connectivity index (χ4n) is 2.24. The van der Waals surface area contributed by atoms with Crippen molar-refractivity contribution in [3.63, 3.8) is 0 Å². The van der Waals surface area contributed by atoms with Gasteiger partial charge in [-0.05, 0) is 43.5 Å². The Morgan fingerprint density at radius 1 is 1.25 bits per heavy atom. The first-order chi connectivity index (χ1) is 9.46. The van der Waals surface area contributed by atoms with E-state index in [0.29, 0.717) is 6.04 Å². The summed E-state index contributed by atoms with van der Waals surface area (Å²) in [5.74, 6) is -3.38. The van der Waals surface area contributed by atoms with Crippen LogP contribution in [0.25, 0.3) is 0 Å². The predicted octanol–water partition coefficient (Wildman–Crippen LogP) is 3.44. The maximum Gasteiger partial charge on any atom is 0.341 e. The fourth-order valence-corrected chi connectivity index (χ4v) is 3.35. The van der Waals surface area contributed by atoms with Gasteiger partial charge in [0, 0.05) is 23.6 Å². The molecule has 0 aliphatic heterocycles. The van der Waals surface area contributed by atoms with Crippen LogP contribution in [0.4, 0.5) is 14.5 Å². The molecule has 2 rings (SSSR count). The van der Waals surface area contributed by atoms with Gasteiger partial charge < -0.3 is 4.90 Å². The molecule has 0 bridgehead atoms. The molecule has 7 heteroatoms. The van der Waals surface area contributed by atoms with Gasteiger partial charge in [-0.15, -0.1) is 0 Å². The SMILES string of the molecule is O=S(=O)(c1ccc(N(CCBr)C2CCC2)cc1)C(F)F. The number of hydrogen-bond donors (Lipinski definition) is 0. The summed E-state index contributed by atoms with van der Waals surface area (Å²) >= 11 is 3.40. The number of anilines is 1. The second-order valence-corrected chi connectivity index (χ2v) is 7.48. The minimum absolute atomic E-state index is 0.330. The number of rotatable bonds is 6. The number of hydrogen-bond acceptors (Lipinski definition) is 3. The van der Waals surface area contributed by atoms with Gasteiger partial charge in [0.05, 0.1) is 4.90 Å². The highest BCUT2D eigenvalue weighted by Crippen LogP contribution is 2.30. The van der Waals surface area contributed by atoms with Crippen LogP contribution in [-0.2, 0) is 9.84 Å². The normalized spacial score (nSPS) is 16.2. The second kappa shape index (κ2) is 6.39. The largest absolute Gasteiger partial charge is 0.368 e. The van der Waals surface area contributed by atoms with Gasteiger partial charge in [-0.1, -0.05) is 15.9 Å². The van der Waals surface area contributed by atoms with E-state index in [0.717, 1.165) is 30.4 Å². The van der Waals surface area contributed by atoms with Gasteiger partial charge in [0.2, 0.25) is 9.84 Å². The highest BCUT2D eigenvalue weighted by molar-refractivity contribution is 9.09. The van der Waals surface area contributed by atoms with Gasteiger partial charge in [-0.3, -0.25) is 0 Å². The van der Waals surface area contributed by atoms with Crippen LogP contribution in [0.2, 0.25) is 0 Å². The third-order valence-corrected chi connectivity index (χ3v) is 5.33. The molecule has 0 spiro atoms. The van der Waals surface area contributed by atoms with Crippen LogP contribution in [0.1, 0.15) is 19.3 Å². The molecule has 1 aromatic carbocycles. The van der Waals surface area contributed by atoms with Crippen LogP contribution in [-0.4, -0.2) is 32.1 Å². The number of halogens is 3. The monoisotopic (exact) mass is 367 g/mol. The maximum atomic E-state index is 12.5. The smallest absolute Gasteiger partial charge is 0.341 e. The lowest BCUT2D eigenvalue weighted by Crippen LogP contribution is -2.41. The Bertz CT molecular complexity index is 544. The molecule has 1 fully saturated rings. The lowest BCUT2D eigenvalue weighted by molar-refractivity contribution is 0.234. The van der Waals surface area contributed by atoms with Crippen molar-refractivity contribution in [2.75, 3.05) is 16.8 Å². The Morgan fingerprint density at radius 3 is 2.25 bits per heavy atom. The average molecular weight is 368 g/mol. The third kappa shape index (κ3) is 3.14. The number of sulfone groups is 1. The maximum absolute atomic E-state index is 12.5. The number of benzene rings is 1. The fraction of sp³-hybridized carbons (Fsp3) is 0.538. The first kappa shape index (κ1) is 15.7. The predicted molar refractivity (Wildman–Crippen MR) is 78.4 cm³/mol. The van der Waals surface area contributed by atoms with Crippen LogP contribution in [0.3, 0.4) is 0 Å². The quantitative estimate of drug-likeness (QED) is 0.722. The summed E-state index contributed by atoms with van der Waals surface area (Å²) in [6.45, 7) is 0.811. The number of alkyl halides is 3. The van der Waals surface area contributed by atoms with Gasteiger partial charge in [0.1, 0.15) is 0 Å². The molecule has 0 atom stereocenters. The summed E-state index contributed by atoms with van der Waals surface area (Å²) < 4.78 is 47.7. The van der Waals surface area contributed by atoms with E-state index in [1.54, 1.807) is 12.1 Å².